The molecule has 0 N–H and O–H groups in total. The maximum Gasteiger partial charge on any atom is 0.160 e. The predicted octanol–water partition coefficient (Wildman–Crippen LogP) is 14.1. The van der Waals surface area contributed by atoms with Crippen molar-refractivity contribution < 1.29 is 4.42 Å². The summed E-state index contributed by atoms with van der Waals surface area (Å²) in [5.74, 6) is 0.678. The van der Waals surface area contributed by atoms with Crippen LogP contribution in [0.3, 0.4) is 0 Å². The number of furan rings is 1. The predicted molar refractivity (Wildman–Crippen MR) is 233 cm³/mol. The van der Waals surface area contributed by atoms with Gasteiger partial charge in [-0.15, -0.1) is 11.3 Å². The number of thiophene rings is 1. The first-order chi connectivity index (χ1) is 27.7. The minimum absolute atomic E-state index is 0.678. The molecule has 56 heavy (non-hydrogen) atoms. The van der Waals surface area contributed by atoms with Crippen molar-refractivity contribution in [3.63, 3.8) is 0 Å². The van der Waals surface area contributed by atoms with Gasteiger partial charge in [-0.3, -0.25) is 4.98 Å². The van der Waals surface area contributed by atoms with Crippen molar-refractivity contribution in [2.75, 3.05) is 0 Å². The van der Waals surface area contributed by atoms with Crippen LogP contribution in [0.4, 0.5) is 0 Å². The topological polar surface area (TPSA) is 51.8 Å². The lowest BCUT2D eigenvalue weighted by atomic mass is 9.93. The van der Waals surface area contributed by atoms with Crippen molar-refractivity contribution in [2.45, 2.75) is 0 Å². The van der Waals surface area contributed by atoms with E-state index < -0.39 is 0 Å². The van der Waals surface area contributed by atoms with E-state index >= 15 is 0 Å². The van der Waals surface area contributed by atoms with Crippen LogP contribution in [0, 0.1) is 0 Å². The van der Waals surface area contributed by atoms with Gasteiger partial charge in [0.1, 0.15) is 11.2 Å². The summed E-state index contributed by atoms with van der Waals surface area (Å²) < 4.78 is 9.31. The minimum atomic E-state index is 0.678. The number of hydrogen-bond acceptors (Lipinski definition) is 5. The molecule has 4 nitrogen and oxygen atoms in total. The molecule has 11 rings (SSSR count). The van der Waals surface area contributed by atoms with Crippen LogP contribution in [0.2, 0.25) is 0 Å². The zero-order valence-corrected chi connectivity index (χ0v) is 30.9. The van der Waals surface area contributed by atoms with Crippen LogP contribution in [0.25, 0.3) is 109 Å². The first-order valence-electron chi connectivity index (χ1n) is 18.7. The Hall–Kier alpha value is -7.21. The van der Waals surface area contributed by atoms with Gasteiger partial charge in [-0.05, 0) is 64.7 Å². The van der Waals surface area contributed by atoms with Crippen LogP contribution in [0.15, 0.2) is 193 Å². The average molecular weight is 734 g/mol. The van der Waals surface area contributed by atoms with Gasteiger partial charge in [-0.25, -0.2) is 9.97 Å². The molecule has 0 saturated carbocycles. The summed E-state index contributed by atoms with van der Waals surface area (Å²) in [4.78, 5) is 14.5. The fourth-order valence-electron chi connectivity index (χ4n) is 7.92. The third-order valence-electron chi connectivity index (χ3n) is 10.6. The lowest BCUT2D eigenvalue weighted by Crippen LogP contribution is -1.96. The maximum atomic E-state index is 6.75. The first kappa shape index (κ1) is 32.2. The van der Waals surface area contributed by atoms with Crippen molar-refractivity contribution >= 4 is 53.4 Å². The molecule has 0 aliphatic carbocycles. The lowest BCUT2D eigenvalue weighted by Gasteiger charge is -2.12. The number of hydrogen-bond donors (Lipinski definition) is 0. The Labute approximate surface area is 327 Å². The van der Waals surface area contributed by atoms with E-state index in [1.165, 1.54) is 25.7 Å². The summed E-state index contributed by atoms with van der Waals surface area (Å²) in [7, 11) is 0. The van der Waals surface area contributed by atoms with Crippen molar-refractivity contribution in [3.05, 3.63) is 188 Å². The second kappa shape index (κ2) is 13.3. The van der Waals surface area contributed by atoms with Gasteiger partial charge >= 0.3 is 0 Å². The van der Waals surface area contributed by atoms with Crippen LogP contribution in [-0.4, -0.2) is 15.0 Å². The molecule has 4 aromatic heterocycles. The molecule has 0 radical (unpaired) electrons. The highest BCUT2D eigenvalue weighted by atomic mass is 32.1. The SMILES string of the molecule is c1ccc(-c2cc(-c3ccc(-c4ccc(-c5cccc6c5sc5ccccc56)c5oc6ccccc6c45)cc3)nc(-c3cccc(-c4ccncc4)c3)n2)cc1. The second-order valence-electron chi connectivity index (χ2n) is 14.0. The maximum absolute atomic E-state index is 6.75. The van der Waals surface area contributed by atoms with Gasteiger partial charge in [0.2, 0.25) is 0 Å². The van der Waals surface area contributed by atoms with Crippen LogP contribution < -0.4 is 0 Å². The molecular formula is C51H31N3OS. The zero-order valence-electron chi connectivity index (χ0n) is 30.1. The van der Waals surface area contributed by atoms with Gasteiger partial charge in [0, 0.05) is 71.2 Å². The Morgan fingerprint density at radius 2 is 1.05 bits per heavy atom. The van der Waals surface area contributed by atoms with Crippen LogP contribution in [0.5, 0.6) is 0 Å². The molecule has 0 spiro atoms. The van der Waals surface area contributed by atoms with Gasteiger partial charge in [-0.2, -0.15) is 0 Å². The Kier molecular flexibility index (Phi) is 7.64. The number of pyridine rings is 1. The van der Waals surface area contributed by atoms with Crippen molar-refractivity contribution in [3.8, 4) is 67.3 Å². The number of nitrogens with zero attached hydrogens (tertiary/aromatic N) is 3. The fraction of sp³-hybridized carbons (Fsp3) is 0. The molecule has 0 unspecified atom stereocenters. The molecule has 0 saturated heterocycles. The van der Waals surface area contributed by atoms with E-state index in [0.717, 1.165) is 77.8 Å². The fourth-order valence-corrected chi connectivity index (χ4v) is 9.15. The number of aromatic nitrogens is 3. The summed E-state index contributed by atoms with van der Waals surface area (Å²) in [6.07, 6.45) is 3.63. The van der Waals surface area contributed by atoms with E-state index in [2.05, 4.69) is 145 Å². The highest BCUT2D eigenvalue weighted by molar-refractivity contribution is 7.26. The molecule has 11 aromatic rings. The molecule has 0 amide bonds. The quantitative estimate of drug-likeness (QED) is 0.171. The minimum Gasteiger partial charge on any atom is -0.455 e. The van der Waals surface area contributed by atoms with Crippen LogP contribution in [-0.2, 0) is 0 Å². The molecule has 5 heteroatoms. The highest BCUT2D eigenvalue weighted by Gasteiger charge is 2.20. The summed E-state index contributed by atoms with van der Waals surface area (Å²) >= 11 is 1.84. The number of para-hydroxylation sites is 1. The van der Waals surface area contributed by atoms with Crippen LogP contribution >= 0.6 is 11.3 Å². The Balaban J connectivity index is 1.04. The van der Waals surface area contributed by atoms with E-state index in [0.29, 0.717) is 5.82 Å². The number of benzene rings is 7. The summed E-state index contributed by atoms with van der Waals surface area (Å²) in [5.41, 5.74) is 13.3. The normalized spacial score (nSPS) is 11.6. The molecule has 4 heterocycles. The van der Waals surface area contributed by atoms with Gasteiger partial charge in [0.05, 0.1) is 11.4 Å². The monoisotopic (exact) mass is 733 g/mol. The molecule has 0 fully saturated rings. The molecule has 0 aliphatic rings. The third kappa shape index (κ3) is 5.48. The second-order valence-corrected chi connectivity index (χ2v) is 15.0. The Morgan fingerprint density at radius 3 is 1.89 bits per heavy atom. The summed E-state index contributed by atoms with van der Waals surface area (Å²) in [6, 6.07) is 61.7. The van der Waals surface area contributed by atoms with Gasteiger partial charge in [0.25, 0.3) is 0 Å². The van der Waals surface area contributed by atoms with E-state index in [4.69, 9.17) is 14.4 Å². The summed E-state index contributed by atoms with van der Waals surface area (Å²) in [5, 5.41) is 4.79. The molecule has 262 valence electrons. The smallest absolute Gasteiger partial charge is 0.160 e. The van der Waals surface area contributed by atoms with Crippen molar-refractivity contribution in [1.82, 2.24) is 15.0 Å². The standard InChI is InChI=1S/C51H31N3OS/c1-2-10-34(11-3-1)44-31-45(54-51(53-44)37-13-8-12-36(30-37)32-26-28-52-29-27-32)35-22-20-33(21-23-35)38-24-25-40(49-48(38)43-15-4-6-18-46(43)55-49)42-17-9-16-41-39-14-5-7-19-47(39)56-50(41)42/h1-31H. The molecule has 0 bridgehead atoms. The average Bonchev–Trinajstić information content (AvgIpc) is 3.86. The van der Waals surface area contributed by atoms with E-state index in [9.17, 15) is 0 Å². The number of rotatable bonds is 6. The lowest BCUT2D eigenvalue weighted by molar-refractivity contribution is 0.670. The van der Waals surface area contributed by atoms with E-state index in [1.807, 2.05) is 60.1 Å². The Bertz CT molecular complexity index is 3240. The third-order valence-corrected chi connectivity index (χ3v) is 11.9. The molecule has 7 aromatic carbocycles. The Morgan fingerprint density at radius 1 is 0.411 bits per heavy atom. The first-order valence-corrected chi connectivity index (χ1v) is 19.5. The highest BCUT2D eigenvalue weighted by Crippen LogP contribution is 2.46. The molecular weight excluding hydrogens is 703 g/mol. The van der Waals surface area contributed by atoms with E-state index in [-0.39, 0.29) is 0 Å². The van der Waals surface area contributed by atoms with Crippen LogP contribution in [0.1, 0.15) is 0 Å². The van der Waals surface area contributed by atoms with Gasteiger partial charge in [0.15, 0.2) is 5.82 Å². The van der Waals surface area contributed by atoms with Gasteiger partial charge < -0.3 is 4.42 Å². The summed E-state index contributed by atoms with van der Waals surface area (Å²) in [6.45, 7) is 0. The van der Waals surface area contributed by atoms with E-state index in [1.54, 1.807) is 0 Å². The van der Waals surface area contributed by atoms with Gasteiger partial charge in [-0.1, -0.05) is 133 Å². The largest absolute Gasteiger partial charge is 0.455 e. The molecule has 0 atom stereocenters. The zero-order chi connectivity index (χ0) is 37.0. The number of fused-ring (bicyclic) bond motifs is 6. The van der Waals surface area contributed by atoms with Crippen molar-refractivity contribution in [1.29, 1.82) is 0 Å². The van der Waals surface area contributed by atoms with Crippen molar-refractivity contribution in [2.24, 2.45) is 0 Å². The molecule has 0 aliphatic heterocycles.